The monoisotopic (exact) mass is 302 g/mol. The second-order valence-corrected chi connectivity index (χ2v) is 6.37. The highest BCUT2D eigenvalue weighted by Gasteiger charge is 2.10. The number of hydrogen-bond donors (Lipinski definition) is 1. The van der Waals surface area contributed by atoms with Crippen LogP contribution in [-0.4, -0.2) is 17.3 Å². The van der Waals surface area contributed by atoms with Crippen molar-refractivity contribution in [3.8, 4) is 11.3 Å². The largest absolute Gasteiger partial charge is 0.330 e. The van der Waals surface area contributed by atoms with Crippen LogP contribution in [0, 0.1) is 5.92 Å². The zero-order chi connectivity index (χ0) is 15.1. The van der Waals surface area contributed by atoms with Gasteiger partial charge in [-0.3, -0.25) is 4.79 Å². The topological polar surface area (TPSA) is 56.0 Å². The van der Waals surface area contributed by atoms with Gasteiger partial charge < -0.3 is 5.73 Å². The van der Waals surface area contributed by atoms with Gasteiger partial charge in [-0.05, 0) is 25.3 Å². The molecule has 0 bridgehead atoms. The van der Waals surface area contributed by atoms with Crippen molar-refractivity contribution in [2.75, 3.05) is 6.54 Å². The Kier molecular flexibility index (Phi) is 6.08. The van der Waals surface area contributed by atoms with Crippen molar-refractivity contribution in [3.05, 3.63) is 40.7 Å². The number of Topliss-reactive ketones (excluding diaryl/α,β-unsaturated/α-hetero) is 1. The average Bonchev–Trinajstić information content (AvgIpc) is 2.95. The Labute approximate surface area is 130 Å². The number of hydrogen-bond acceptors (Lipinski definition) is 4. The van der Waals surface area contributed by atoms with Crippen molar-refractivity contribution in [2.45, 2.75) is 32.6 Å². The van der Waals surface area contributed by atoms with Crippen molar-refractivity contribution >= 4 is 17.1 Å². The van der Waals surface area contributed by atoms with Gasteiger partial charge in [0, 0.05) is 17.4 Å². The maximum atomic E-state index is 12.0. The maximum Gasteiger partial charge on any atom is 0.139 e. The Morgan fingerprint density at radius 2 is 2.05 bits per heavy atom. The van der Waals surface area contributed by atoms with Crippen LogP contribution < -0.4 is 5.73 Å². The van der Waals surface area contributed by atoms with E-state index in [9.17, 15) is 4.79 Å². The Balaban J connectivity index is 1.86. The van der Waals surface area contributed by atoms with E-state index in [0.717, 1.165) is 29.1 Å². The molecule has 1 aromatic heterocycles. The van der Waals surface area contributed by atoms with Gasteiger partial charge in [-0.2, -0.15) is 0 Å². The molecule has 0 aliphatic rings. The molecule has 2 aromatic rings. The zero-order valence-corrected chi connectivity index (χ0v) is 13.2. The molecular formula is C17H22N2OS. The number of thiazole rings is 1. The Morgan fingerprint density at radius 1 is 1.29 bits per heavy atom. The highest BCUT2D eigenvalue weighted by Crippen LogP contribution is 2.22. The van der Waals surface area contributed by atoms with Crippen LogP contribution >= 0.6 is 11.3 Å². The minimum atomic E-state index is 0.271. The fraction of sp³-hybridized carbons (Fsp3) is 0.412. The number of carbonyl (C=O) groups is 1. The van der Waals surface area contributed by atoms with Gasteiger partial charge in [0.15, 0.2) is 0 Å². The summed E-state index contributed by atoms with van der Waals surface area (Å²) in [5.41, 5.74) is 7.58. The van der Waals surface area contributed by atoms with Crippen molar-refractivity contribution in [1.82, 2.24) is 4.98 Å². The summed E-state index contributed by atoms with van der Waals surface area (Å²) < 4.78 is 0. The summed E-state index contributed by atoms with van der Waals surface area (Å²) in [6.45, 7) is 2.85. The van der Waals surface area contributed by atoms with E-state index < -0.39 is 0 Å². The van der Waals surface area contributed by atoms with Crippen molar-refractivity contribution < 1.29 is 4.79 Å². The molecule has 2 rings (SSSR count). The standard InChI is InChI=1S/C17H22N2OS/c1-13(9-10-18)7-8-15(20)11-17-19-16(12-21-17)14-5-3-2-4-6-14/h2-6,12-13H,7-11,18H2,1H3. The molecule has 1 heterocycles. The van der Waals surface area contributed by atoms with Gasteiger partial charge in [0.2, 0.25) is 0 Å². The Morgan fingerprint density at radius 3 is 2.76 bits per heavy atom. The van der Waals surface area contributed by atoms with E-state index in [1.54, 1.807) is 11.3 Å². The van der Waals surface area contributed by atoms with Crippen molar-refractivity contribution in [1.29, 1.82) is 0 Å². The summed E-state index contributed by atoms with van der Waals surface area (Å²) >= 11 is 1.57. The lowest BCUT2D eigenvalue weighted by molar-refractivity contribution is -0.118. The number of nitrogens with zero attached hydrogens (tertiary/aromatic N) is 1. The van der Waals surface area contributed by atoms with Crippen LogP contribution in [0.15, 0.2) is 35.7 Å². The molecule has 1 unspecified atom stereocenters. The van der Waals surface area contributed by atoms with Gasteiger partial charge >= 0.3 is 0 Å². The van der Waals surface area contributed by atoms with E-state index in [4.69, 9.17) is 5.73 Å². The first-order chi connectivity index (χ1) is 10.2. The Hall–Kier alpha value is -1.52. The smallest absolute Gasteiger partial charge is 0.139 e. The molecule has 2 N–H and O–H groups in total. The summed E-state index contributed by atoms with van der Waals surface area (Å²) in [5, 5.41) is 2.93. The first kappa shape index (κ1) is 15.9. The first-order valence-electron chi connectivity index (χ1n) is 7.40. The molecule has 0 saturated carbocycles. The fourth-order valence-corrected chi connectivity index (χ4v) is 3.06. The number of rotatable bonds is 8. The van der Waals surface area contributed by atoms with Crippen LogP contribution in [0.4, 0.5) is 0 Å². The zero-order valence-electron chi connectivity index (χ0n) is 12.4. The van der Waals surface area contributed by atoms with Crippen LogP contribution in [0.5, 0.6) is 0 Å². The van der Waals surface area contributed by atoms with Crippen LogP contribution in [0.1, 0.15) is 31.2 Å². The lowest BCUT2D eigenvalue weighted by Crippen LogP contribution is -2.09. The molecule has 0 radical (unpaired) electrons. The second-order valence-electron chi connectivity index (χ2n) is 5.43. The third-order valence-electron chi connectivity index (χ3n) is 3.55. The van der Waals surface area contributed by atoms with Crippen LogP contribution in [0.25, 0.3) is 11.3 Å². The number of benzene rings is 1. The first-order valence-corrected chi connectivity index (χ1v) is 8.28. The Bertz CT molecular complexity index is 565. The second kappa shape index (κ2) is 8.05. The molecule has 0 saturated heterocycles. The van der Waals surface area contributed by atoms with E-state index in [0.29, 0.717) is 25.3 Å². The SMILES string of the molecule is CC(CCN)CCC(=O)Cc1nc(-c2ccccc2)cs1. The normalized spacial score (nSPS) is 12.3. The minimum absolute atomic E-state index is 0.271. The fourth-order valence-electron chi connectivity index (χ4n) is 2.23. The van der Waals surface area contributed by atoms with E-state index in [1.807, 2.05) is 35.7 Å². The van der Waals surface area contributed by atoms with E-state index in [-0.39, 0.29) is 5.78 Å². The minimum Gasteiger partial charge on any atom is -0.330 e. The van der Waals surface area contributed by atoms with Gasteiger partial charge in [0.1, 0.15) is 10.8 Å². The van der Waals surface area contributed by atoms with Crippen LogP contribution in [0.3, 0.4) is 0 Å². The average molecular weight is 302 g/mol. The summed E-state index contributed by atoms with van der Waals surface area (Å²) in [7, 11) is 0. The van der Waals surface area contributed by atoms with E-state index in [1.165, 1.54) is 0 Å². The predicted octanol–water partition coefficient (Wildman–Crippen LogP) is 3.69. The highest BCUT2D eigenvalue weighted by atomic mass is 32.1. The molecule has 0 aliphatic carbocycles. The van der Waals surface area contributed by atoms with E-state index >= 15 is 0 Å². The summed E-state index contributed by atoms with van der Waals surface area (Å²) in [4.78, 5) is 16.6. The van der Waals surface area contributed by atoms with E-state index in [2.05, 4.69) is 11.9 Å². The predicted molar refractivity (Wildman–Crippen MR) is 88.3 cm³/mol. The van der Waals surface area contributed by atoms with Crippen molar-refractivity contribution in [2.24, 2.45) is 11.7 Å². The number of aromatic nitrogens is 1. The summed E-state index contributed by atoms with van der Waals surface area (Å²) in [5.74, 6) is 0.794. The molecule has 0 fully saturated rings. The molecule has 0 spiro atoms. The molecule has 1 atom stereocenters. The number of nitrogens with two attached hydrogens (primary N) is 1. The third-order valence-corrected chi connectivity index (χ3v) is 4.39. The molecule has 1 aromatic carbocycles. The van der Waals surface area contributed by atoms with Gasteiger partial charge in [0.05, 0.1) is 12.1 Å². The quantitative estimate of drug-likeness (QED) is 0.809. The molecule has 0 amide bonds. The summed E-state index contributed by atoms with van der Waals surface area (Å²) in [6, 6.07) is 10.1. The molecule has 21 heavy (non-hydrogen) atoms. The lowest BCUT2D eigenvalue weighted by atomic mass is 9.99. The third kappa shape index (κ3) is 5.06. The van der Waals surface area contributed by atoms with Crippen LogP contribution in [-0.2, 0) is 11.2 Å². The van der Waals surface area contributed by atoms with Crippen molar-refractivity contribution in [3.63, 3.8) is 0 Å². The summed E-state index contributed by atoms with van der Waals surface area (Å²) in [6.07, 6.45) is 2.99. The molecule has 3 nitrogen and oxygen atoms in total. The van der Waals surface area contributed by atoms with Gasteiger partial charge in [-0.25, -0.2) is 4.98 Å². The maximum absolute atomic E-state index is 12.0. The van der Waals surface area contributed by atoms with Gasteiger partial charge in [-0.1, -0.05) is 37.3 Å². The molecular weight excluding hydrogens is 280 g/mol. The lowest BCUT2D eigenvalue weighted by Gasteiger charge is -2.08. The number of ketones is 1. The van der Waals surface area contributed by atoms with Crippen LogP contribution in [0.2, 0.25) is 0 Å². The molecule has 4 heteroatoms. The number of carbonyl (C=O) groups excluding carboxylic acids is 1. The van der Waals surface area contributed by atoms with Gasteiger partial charge in [0.25, 0.3) is 0 Å². The molecule has 0 aliphatic heterocycles. The molecule has 112 valence electrons. The van der Waals surface area contributed by atoms with Gasteiger partial charge in [-0.15, -0.1) is 11.3 Å². The highest BCUT2D eigenvalue weighted by molar-refractivity contribution is 7.10.